The summed E-state index contributed by atoms with van der Waals surface area (Å²) in [6.07, 6.45) is 0.981. The van der Waals surface area contributed by atoms with Gasteiger partial charge in [0.1, 0.15) is 16.5 Å². The Labute approximate surface area is 186 Å². The third kappa shape index (κ3) is 4.33. The first-order valence-electron chi connectivity index (χ1n) is 10.4. The zero-order valence-electron chi connectivity index (χ0n) is 17.6. The van der Waals surface area contributed by atoms with Crippen LogP contribution in [0.2, 0.25) is 0 Å². The highest BCUT2D eigenvalue weighted by Crippen LogP contribution is 2.37. The minimum atomic E-state index is -3.71. The van der Waals surface area contributed by atoms with Crippen LogP contribution in [-0.4, -0.2) is 44.0 Å². The van der Waals surface area contributed by atoms with E-state index in [1.807, 2.05) is 6.07 Å². The lowest BCUT2D eigenvalue weighted by Crippen LogP contribution is -2.38. The van der Waals surface area contributed by atoms with Crippen LogP contribution in [0, 0.1) is 5.82 Å². The van der Waals surface area contributed by atoms with Crippen LogP contribution in [0.15, 0.2) is 59.5 Å². The Morgan fingerprint density at radius 3 is 2.53 bits per heavy atom. The van der Waals surface area contributed by atoms with Gasteiger partial charge in [0.25, 0.3) is 0 Å². The number of rotatable bonds is 6. The van der Waals surface area contributed by atoms with E-state index in [4.69, 9.17) is 4.74 Å². The maximum Gasteiger partial charge on any atom is 0.307 e. The quantitative estimate of drug-likeness (QED) is 0.600. The summed E-state index contributed by atoms with van der Waals surface area (Å²) in [4.78, 5) is 11.4. The highest BCUT2D eigenvalue weighted by molar-refractivity contribution is 7.89. The second kappa shape index (κ2) is 8.88. The van der Waals surface area contributed by atoms with E-state index in [-0.39, 0.29) is 23.1 Å². The van der Waals surface area contributed by atoms with Crippen molar-refractivity contribution in [3.8, 4) is 5.75 Å². The lowest BCUT2D eigenvalue weighted by Gasteiger charge is -2.32. The zero-order chi connectivity index (χ0) is 22.9. The number of fused-ring (bicyclic) bond motifs is 1. The fourth-order valence-electron chi connectivity index (χ4n) is 4.42. The molecule has 0 bridgehead atoms. The number of methoxy groups -OCH3 is 1. The molecule has 1 N–H and O–H groups in total. The van der Waals surface area contributed by atoms with Gasteiger partial charge >= 0.3 is 5.97 Å². The van der Waals surface area contributed by atoms with E-state index in [2.05, 4.69) is 0 Å². The maximum absolute atomic E-state index is 14.0. The first-order valence-corrected chi connectivity index (χ1v) is 11.8. The lowest BCUT2D eigenvalue weighted by atomic mass is 9.85. The summed E-state index contributed by atoms with van der Waals surface area (Å²) in [7, 11) is -2.27. The number of benzene rings is 3. The van der Waals surface area contributed by atoms with Crippen LogP contribution in [0.5, 0.6) is 5.75 Å². The number of hydrogen-bond acceptors (Lipinski definition) is 4. The highest BCUT2D eigenvalue weighted by atomic mass is 32.2. The van der Waals surface area contributed by atoms with Gasteiger partial charge in [-0.25, -0.2) is 12.8 Å². The summed E-state index contributed by atoms with van der Waals surface area (Å²) in [5, 5.41) is 10.7. The van der Waals surface area contributed by atoms with Gasteiger partial charge in [-0.1, -0.05) is 30.3 Å². The molecule has 0 spiro atoms. The number of hydrogen-bond donors (Lipinski definition) is 1. The molecule has 3 aromatic rings. The number of para-hydroxylation sites is 1. The van der Waals surface area contributed by atoms with Crippen LogP contribution in [0.3, 0.4) is 0 Å². The molecule has 1 saturated heterocycles. The summed E-state index contributed by atoms with van der Waals surface area (Å²) in [6.45, 7) is 0.621. The normalized spacial score (nSPS) is 15.7. The van der Waals surface area contributed by atoms with Gasteiger partial charge in [0.2, 0.25) is 10.0 Å². The summed E-state index contributed by atoms with van der Waals surface area (Å²) in [5.41, 5.74) is 1.52. The van der Waals surface area contributed by atoms with Crippen molar-refractivity contribution in [1.82, 2.24) is 4.31 Å². The molecule has 3 aromatic carbocycles. The number of carbonyl (C=O) groups is 1. The molecule has 0 atom stereocenters. The molecule has 1 aliphatic heterocycles. The molecule has 8 heteroatoms. The number of ether oxygens (including phenoxy) is 1. The summed E-state index contributed by atoms with van der Waals surface area (Å²) in [5.74, 6) is -0.995. The minimum Gasteiger partial charge on any atom is -0.495 e. The Morgan fingerprint density at radius 2 is 1.84 bits per heavy atom. The topological polar surface area (TPSA) is 83.9 Å². The van der Waals surface area contributed by atoms with Crippen molar-refractivity contribution in [2.75, 3.05) is 20.2 Å². The predicted molar refractivity (Wildman–Crippen MR) is 119 cm³/mol. The third-order valence-corrected chi connectivity index (χ3v) is 7.88. The van der Waals surface area contributed by atoms with Gasteiger partial charge in [0.05, 0.1) is 13.5 Å². The van der Waals surface area contributed by atoms with E-state index in [9.17, 15) is 22.7 Å². The third-order valence-electron chi connectivity index (χ3n) is 5.94. The van der Waals surface area contributed by atoms with Gasteiger partial charge in [-0.2, -0.15) is 4.31 Å². The molecule has 0 saturated carbocycles. The molecule has 1 heterocycles. The van der Waals surface area contributed by atoms with E-state index in [0.717, 1.165) is 16.3 Å². The molecule has 4 rings (SSSR count). The Morgan fingerprint density at radius 1 is 1.12 bits per heavy atom. The number of carboxylic acid groups (broad SMARTS) is 1. The highest BCUT2D eigenvalue weighted by Gasteiger charge is 2.32. The molecule has 1 aliphatic rings. The SMILES string of the molecule is COc1ccccc1S(=O)(=O)N1CCC(c2cc(CC(=O)O)cc3ccc(F)cc23)CC1. The number of aliphatic carboxylic acids is 1. The van der Waals surface area contributed by atoms with Gasteiger partial charge in [-0.3, -0.25) is 4.79 Å². The molecule has 0 aliphatic carbocycles. The van der Waals surface area contributed by atoms with E-state index >= 15 is 0 Å². The van der Waals surface area contributed by atoms with E-state index in [1.54, 1.807) is 30.3 Å². The fourth-order valence-corrected chi connectivity index (χ4v) is 6.04. The monoisotopic (exact) mass is 457 g/mol. The van der Waals surface area contributed by atoms with E-state index < -0.39 is 16.0 Å². The largest absolute Gasteiger partial charge is 0.495 e. The van der Waals surface area contributed by atoms with Crippen molar-refractivity contribution in [3.63, 3.8) is 0 Å². The van der Waals surface area contributed by atoms with Crippen molar-refractivity contribution >= 4 is 26.8 Å². The second-order valence-electron chi connectivity index (χ2n) is 7.95. The molecule has 32 heavy (non-hydrogen) atoms. The molecular weight excluding hydrogens is 433 g/mol. The molecule has 0 amide bonds. The van der Waals surface area contributed by atoms with Crippen LogP contribution < -0.4 is 4.74 Å². The zero-order valence-corrected chi connectivity index (χ0v) is 18.4. The molecule has 0 unspecified atom stereocenters. The van der Waals surface area contributed by atoms with Crippen molar-refractivity contribution in [1.29, 1.82) is 0 Å². The predicted octanol–water partition coefficient (Wildman–Crippen LogP) is 4.18. The first kappa shape index (κ1) is 22.2. The Bertz CT molecular complexity index is 1270. The first-order chi connectivity index (χ1) is 15.3. The van der Waals surface area contributed by atoms with Crippen LogP contribution in [0.4, 0.5) is 4.39 Å². The number of piperidine rings is 1. The van der Waals surface area contributed by atoms with Gasteiger partial charge in [-0.05, 0) is 64.9 Å². The Hall–Kier alpha value is -2.97. The van der Waals surface area contributed by atoms with Crippen molar-refractivity contribution in [2.24, 2.45) is 0 Å². The lowest BCUT2D eigenvalue weighted by molar-refractivity contribution is -0.136. The van der Waals surface area contributed by atoms with Crippen LogP contribution >= 0.6 is 0 Å². The smallest absolute Gasteiger partial charge is 0.307 e. The standard InChI is InChI=1S/C24H24FNO5S/c1-31-22-4-2-3-5-23(22)32(29,30)26-10-8-17(9-11-26)20-13-16(14-24(27)28)12-18-6-7-19(25)15-21(18)20/h2-7,12-13,15,17H,8-11,14H2,1H3,(H,27,28). The van der Waals surface area contributed by atoms with E-state index in [0.29, 0.717) is 37.2 Å². The molecule has 1 fully saturated rings. The van der Waals surface area contributed by atoms with Gasteiger partial charge in [-0.15, -0.1) is 0 Å². The maximum atomic E-state index is 14.0. The van der Waals surface area contributed by atoms with Crippen LogP contribution in [-0.2, 0) is 21.2 Å². The van der Waals surface area contributed by atoms with Crippen LogP contribution in [0.25, 0.3) is 10.8 Å². The van der Waals surface area contributed by atoms with Crippen molar-refractivity contribution < 1.29 is 27.4 Å². The molecule has 168 valence electrons. The molecule has 0 aromatic heterocycles. The van der Waals surface area contributed by atoms with Gasteiger partial charge in [0, 0.05) is 13.1 Å². The van der Waals surface area contributed by atoms with Gasteiger partial charge < -0.3 is 9.84 Å². The summed E-state index contributed by atoms with van der Waals surface area (Å²) >= 11 is 0. The number of sulfonamides is 1. The second-order valence-corrected chi connectivity index (χ2v) is 9.86. The molecular formula is C24H24FNO5S. The van der Waals surface area contributed by atoms with E-state index in [1.165, 1.54) is 29.6 Å². The number of carboxylic acids is 1. The van der Waals surface area contributed by atoms with Crippen molar-refractivity contribution in [3.05, 3.63) is 71.5 Å². The Balaban J connectivity index is 1.63. The average Bonchev–Trinajstić information content (AvgIpc) is 2.78. The number of halogens is 1. The van der Waals surface area contributed by atoms with Gasteiger partial charge in [0.15, 0.2) is 0 Å². The fraction of sp³-hybridized carbons (Fsp3) is 0.292. The summed E-state index contributed by atoms with van der Waals surface area (Å²) < 4.78 is 47.0. The van der Waals surface area contributed by atoms with Crippen LogP contribution in [0.1, 0.15) is 29.9 Å². The number of nitrogens with zero attached hydrogens (tertiary/aromatic N) is 1. The minimum absolute atomic E-state index is 0.00263. The Kier molecular flexibility index (Phi) is 6.17. The van der Waals surface area contributed by atoms with Crippen molar-refractivity contribution in [2.45, 2.75) is 30.1 Å². The summed E-state index contributed by atoms with van der Waals surface area (Å²) in [6, 6.07) is 14.6. The molecule has 0 radical (unpaired) electrons. The average molecular weight is 458 g/mol. The molecule has 6 nitrogen and oxygen atoms in total.